The zero-order valence-electron chi connectivity index (χ0n) is 12.7. The van der Waals surface area contributed by atoms with E-state index in [4.69, 9.17) is 14.2 Å². The topological polar surface area (TPSA) is 88.1 Å². The lowest BCUT2D eigenvalue weighted by molar-refractivity contribution is -0.281. The van der Waals surface area contributed by atoms with Crippen molar-refractivity contribution in [3.8, 4) is 0 Å². The second-order valence-electron chi connectivity index (χ2n) is 5.19. The molecule has 0 aromatic rings. The summed E-state index contributed by atoms with van der Waals surface area (Å²) in [6.45, 7) is 6.52. The van der Waals surface area contributed by atoms with Crippen LogP contribution in [0, 0.1) is 5.41 Å². The van der Waals surface area contributed by atoms with Crippen LogP contribution >= 0.6 is 0 Å². The van der Waals surface area contributed by atoms with Gasteiger partial charge in [0.05, 0.1) is 19.8 Å². The standard InChI is InChI=1S/C12H17F3O7S/c1-5-19-9(16)11(6-20-10(3,4)21-7-11)8(2)22-23(17,18)12(13,14)15/h2,5-7H2,1,3-4H3. The first kappa shape index (κ1) is 19.7. The maximum absolute atomic E-state index is 12.4. The van der Waals surface area contributed by atoms with Crippen LogP contribution in [0.3, 0.4) is 0 Å². The van der Waals surface area contributed by atoms with Crippen LogP contribution in [-0.2, 0) is 33.3 Å². The van der Waals surface area contributed by atoms with Gasteiger partial charge in [-0.3, -0.25) is 4.79 Å². The third-order valence-corrected chi connectivity index (χ3v) is 4.01. The Morgan fingerprint density at radius 3 is 2.13 bits per heavy atom. The summed E-state index contributed by atoms with van der Waals surface area (Å²) in [5.74, 6) is -3.15. The Morgan fingerprint density at radius 1 is 1.26 bits per heavy atom. The molecule has 0 amide bonds. The summed E-state index contributed by atoms with van der Waals surface area (Å²) in [5, 5.41) is 0. The summed E-state index contributed by atoms with van der Waals surface area (Å²) < 4.78 is 78.7. The van der Waals surface area contributed by atoms with Crippen molar-refractivity contribution in [1.29, 1.82) is 0 Å². The molecule has 0 unspecified atom stereocenters. The van der Waals surface area contributed by atoms with E-state index in [0.717, 1.165) is 0 Å². The minimum Gasteiger partial charge on any atom is -0.465 e. The Kier molecular flexibility index (Phi) is 5.39. The zero-order valence-corrected chi connectivity index (χ0v) is 13.5. The quantitative estimate of drug-likeness (QED) is 0.318. The van der Waals surface area contributed by atoms with Gasteiger partial charge in [0, 0.05) is 0 Å². The average molecular weight is 362 g/mol. The van der Waals surface area contributed by atoms with Gasteiger partial charge in [0.2, 0.25) is 0 Å². The van der Waals surface area contributed by atoms with Gasteiger partial charge in [-0.15, -0.1) is 0 Å². The second kappa shape index (κ2) is 6.29. The highest BCUT2D eigenvalue weighted by Crippen LogP contribution is 2.39. The van der Waals surface area contributed by atoms with Crippen LogP contribution in [-0.4, -0.2) is 45.5 Å². The SMILES string of the molecule is C=C(OS(=O)(=O)C(F)(F)F)C1(C(=O)OCC)COC(C)(C)OC1. The molecular formula is C12H17F3O7S. The molecule has 1 aliphatic rings. The molecule has 1 heterocycles. The Balaban J connectivity index is 3.12. The van der Waals surface area contributed by atoms with Gasteiger partial charge in [-0.1, -0.05) is 6.58 Å². The van der Waals surface area contributed by atoms with Crippen molar-refractivity contribution in [2.24, 2.45) is 5.41 Å². The first-order chi connectivity index (χ1) is 10.3. The van der Waals surface area contributed by atoms with Gasteiger partial charge in [0.1, 0.15) is 5.76 Å². The molecule has 0 aliphatic carbocycles. The number of esters is 1. The minimum atomic E-state index is -5.98. The minimum absolute atomic E-state index is 0.0940. The molecule has 1 fully saturated rings. The summed E-state index contributed by atoms with van der Waals surface area (Å²) in [7, 11) is -5.98. The fourth-order valence-corrected chi connectivity index (χ4v) is 2.12. The van der Waals surface area contributed by atoms with Gasteiger partial charge >= 0.3 is 21.6 Å². The molecule has 0 N–H and O–H groups in total. The van der Waals surface area contributed by atoms with Crippen LogP contribution < -0.4 is 0 Å². The molecule has 0 bridgehead atoms. The molecule has 1 saturated heterocycles. The van der Waals surface area contributed by atoms with E-state index in [1.807, 2.05) is 0 Å². The molecule has 0 atom stereocenters. The van der Waals surface area contributed by atoms with E-state index in [1.165, 1.54) is 20.8 Å². The Hall–Kier alpha value is -1.33. The van der Waals surface area contributed by atoms with Crippen molar-refractivity contribution in [1.82, 2.24) is 0 Å². The summed E-state index contributed by atoms with van der Waals surface area (Å²) in [6.07, 6.45) is 0. The van der Waals surface area contributed by atoms with Crippen LogP contribution in [0.25, 0.3) is 0 Å². The van der Waals surface area contributed by atoms with E-state index in [-0.39, 0.29) is 6.61 Å². The molecule has 134 valence electrons. The molecule has 23 heavy (non-hydrogen) atoms. The largest absolute Gasteiger partial charge is 0.534 e. The molecular weight excluding hydrogens is 345 g/mol. The number of hydrogen-bond acceptors (Lipinski definition) is 7. The lowest BCUT2D eigenvalue weighted by Crippen LogP contribution is -2.53. The predicted molar refractivity (Wildman–Crippen MR) is 70.2 cm³/mol. The monoisotopic (exact) mass is 362 g/mol. The van der Waals surface area contributed by atoms with Gasteiger partial charge in [-0.05, 0) is 20.8 Å². The van der Waals surface area contributed by atoms with Crippen LogP contribution in [0.2, 0.25) is 0 Å². The lowest BCUT2D eigenvalue weighted by Gasteiger charge is -2.41. The zero-order chi connectivity index (χ0) is 18.1. The molecule has 1 rings (SSSR count). The first-order valence-electron chi connectivity index (χ1n) is 6.43. The summed E-state index contributed by atoms with van der Waals surface area (Å²) in [6, 6.07) is 0. The molecule has 1 aliphatic heterocycles. The highest BCUT2D eigenvalue weighted by molar-refractivity contribution is 7.87. The number of ether oxygens (including phenoxy) is 3. The highest BCUT2D eigenvalue weighted by atomic mass is 32.2. The molecule has 7 nitrogen and oxygen atoms in total. The number of carbonyl (C=O) groups excluding carboxylic acids is 1. The van der Waals surface area contributed by atoms with E-state index in [2.05, 4.69) is 10.8 Å². The van der Waals surface area contributed by atoms with E-state index in [9.17, 15) is 26.4 Å². The highest BCUT2D eigenvalue weighted by Gasteiger charge is 2.55. The van der Waals surface area contributed by atoms with E-state index in [0.29, 0.717) is 0 Å². The van der Waals surface area contributed by atoms with Crippen LogP contribution in [0.1, 0.15) is 20.8 Å². The Bertz CT molecular complexity index is 570. The fraction of sp³-hybridized carbons (Fsp3) is 0.750. The number of carbonyl (C=O) groups is 1. The first-order valence-corrected chi connectivity index (χ1v) is 7.83. The van der Waals surface area contributed by atoms with Crippen molar-refractivity contribution >= 4 is 16.1 Å². The molecule has 0 radical (unpaired) electrons. The van der Waals surface area contributed by atoms with Crippen molar-refractivity contribution in [2.45, 2.75) is 32.1 Å². The van der Waals surface area contributed by atoms with Crippen LogP contribution in [0.5, 0.6) is 0 Å². The molecule has 11 heteroatoms. The summed E-state index contributed by atoms with van der Waals surface area (Å²) >= 11 is 0. The second-order valence-corrected chi connectivity index (χ2v) is 6.72. The number of hydrogen-bond donors (Lipinski definition) is 0. The lowest BCUT2D eigenvalue weighted by atomic mass is 9.87. The third-order valence-electron chi connectivity index (χ3n) is 3.03. The van der Waals surface area contributed by atoms with Gasteiger partial charge in [-0.2, -0.15) is 21.6 Å². The number of halogens is 3. The van der Waals surface area contributed by atoms with Crippen LogP contribution in [0.15, 0.2) is 12.3 Å². The molecule has 0 spiro atoms. The number of alkyl halides is 3. The molecule has 0 aromatic carbocycles. The van der Waals surface area contributed by atoms with E-state index < -0.39 is 51.8 Å². The van der Waals surface area contributed by atoms with Gasteiger partial charge in [0.25, 0.3) is 0 Å². The predicted octanol–water partition coefficient (Wildman–Crippen LogP) is 1.70. The van der Waals surface area contributed by atoms with Crippen molar-refractivity contribution < 1.29 is 44.8 Å². The smallest absolute Gasteiger partial charge is 0.465 e. The number of rotatable bonds is 5. The van der Waals surface area contributed by atoms with E-state index in [1.54, 1.807) is 0 Å². The van der Waals surface area contributed by atoms with Crippen LogP contribution in [0.4, 0.5) is 13.2 Å². The van der Waals surface area contributed by atoms with Gasteiger partial charge in [0.15, 0.2) is 11.2 Å². The molecule has 0 saturated carbocycles. The molecule has 0 aromatic heterocycles. The average Bonchev–Trinajstić information content (AvgIpc) is 2.37. The Morgan fingerprint density at radius 2 is 1.74 bits per heavy atom. The van der Waals surface area contributed by atoms with Crippen molar-refractivity contribution in [3.63, 3.8) is 0 Å². The normalized spacial score (nSPS) is 20.6. The maximum atomic E-state index is 12.4. The van der Waals surface area contributed by atoms with Crippen molar-refractivity contribution in [3.05, 3.63) is 12.3 Å². The summed E-state index contributed by atoms with van der Waals surface area (Å²) in [4.78, 5) is 12.1. The Labute approximate surface area is 131 Å². The van der Waals surface area contributed by atoms with Gasteiger partial charge < -0.3 is 18.4 Å². The maximum Gasteiger partial charge on any atom is 0.534 e. The summed E-state index contributed by atoms with van der Waals surface area (Å²) in [5.41, 5.74) is -7.69. The van der Waals surface area contributed by atoms with Crippen molar-refractivity contribution in [2.75, 3.05) is 19.8 Å². The van der Waals surface area contributed by atoms with E-state index >= 15 is 0 Å². The van der Waals surface area contributed by atoms with Gasteiger partial charge in [-0.25, -0.2) is 0 Å². The fourth-order valence-electron chi connectivity index (χ4n) is 1.60. The third kappa shape index (κ3) is 4.15.